The molecule has 1 heterocycles. The fourth-order valence-electron chi connectivity index (χ4n) is 3.13. The first-order valence-electron chi connectivity index (χ1n) is 7.84. The SMILES string of the molecule is OC1(CNC(CC2CCC2)c2ccccc2)CCSC1. The molecular weight excluding hydrogens is 266 g/mol. The fraction of sp³-hybridized carbons (Fsp3) is 0.647. The van der Waals surface area contributed by atoms with Crippen molar-refractivity contribution in [3.8, 4) is 0 Å². The van der Waals surface area contributed by atoms with Gasteiger partial charge in [-0.3, -0.25) is 0 Å². The molecule has 2 aliphatic rings. The maximum absolute atomic E-state index is 10.5. The molecule has 2 nitrogen and oxygen atoms in total. The van der Waals surface area contributed by atoms with Crippen molar-refractivity contribution in [2.75, 3.05) is 18.1 Å². The third kappa shape index (κ3) is 3.57. The molecule has 0 radical (unpaired) electrons. The van der Waals surface area contributed by atoms with Crippen molar-refractivity contribution in [1.29, 1.82) is 0 Å². The van der Waals surface area contributed by atoms with E-state index in [2.05, 4.69) is 35.6 Å². The molecule has 2 unspecified atom stereocenters. The molecule has 1 saturated carbocycles. The van der Waals surface area contributed by atoms with Crippen molar-refractivity contribution in [1.82, 2.24) is 5.32 Å². The molecule has 3 heteroatoms. The number of thioether (sulfide) groups is 1. The van der Waals surface area contributed by atoms with E-state index < -0.39 is 5.60 Å². The van der Waals surface area contributed by atoms with Crippen LogP contribution in [0.15, 0.2) is 30.3 Å². The Labute approximate surface area is 126 Å². The van der Waals surface area contributed by atoms with E-state index in [1.54, 1.807) is 0 Å². The van der Waals surface area contributed by atoms with Crippen molar-refractivity contribution >= 4 is 11.8 Å². The third-order valence-electron chi connectivity index (χ3n) is 4.76. The Kier molecular flexibility index (Phi) is 4.69. The molecule has 0 bridgehead atoms. The molecule has 1 aromatic rings. The number of benzene rings is 1. The first kappa shape index (κ1) is 14.4. The quantitative estimate of drug-likeness (QED) is 0.843. The first-order chi connectivity index (χ1) is 9.75. The second-order valence-corrected chi connectivity index (χ2v) is 7.51. The van der Waals surface area contributed by atoms with E-state index in [1.807, 2.05) is 11.8 Å². The minimum atomic E-state index is -0.489. The van der Waals surface area contributed by atoms with Gasteiger partial charge < -0.3 is 10.4 Å². The molecule has 2 atom stereocenters. The van der Waals surface area contributed by atoms with Crippen LogP contribution in [0.3, 0.4) is 0 Å². The maximum Gasteiger partial charge on any atom is 0.0869 e. The van der Waals surface area contributed by atoms with Gasteiger partial charge in [-0.25, -0.2) is 0 Å². The summed E-state index contributed by atoms with van der Waals surface area (Å²) in [6.07, 6.45) is 6.30. The summed E-state index contributed by atoms with van der Waals surface area (Å²) in [5.74, 6) is 2.85. The van der Waals surface area contributed by atoms with Gasteiger partial charge in [-0.2, -0.15) is 11.8 Å². The minimum Gasteiger partial charge on any atom is -0.388 e. The zero-order chi connectivity index (χ0) is 13.8. The summed E-state index contributed by atoms with van der Waals surface area (Å²) >= 11 is 1.87. The summed E-state index contributed by atoms with van der Waals surface area (Å²) in [5.41, 5.74) is 0.880. The third-order valence-corrected chi connectivity index (χ3v) is 5.99. The lowest BCUT2D eigenvalue weighted by Gasteiger charge is -2.32. The van der Waals surface area contributed by atoms with Gasteiger partial charge >= 0.3 is 0 Å². The monoisotopic (exact) mass is 291 g/mol. The van der Waals surface area contributed by atoms with Gasteiger partial charge in [-0.15, -0.1) is 0 Å². The summed E-state index contributed by atoms with van der Waals surface area (Å²) in [6.45, 7) is 0.728. The maximum atomic E-state index is 10.5. The van der Waals surface area contributed by atoms with E-state index >= 15 is 0 Å². The van der Waals surface area contributed by atoms with Crippen LogP contribution in [0.1, 0.15) is 43.7 Å². The van der Waals surface area contributed by atoms with Crippen LogP contribution in [0.2, 0.25) is 0 Å². The predicted octanol–water partition coefficient (Wildman–Crippen LogP) is 3.38. The van der Waals surface area contributed by atoms with Crippen molar-refractivity contribution in [2.45, 2.75) is 43.7 Å². The summed E-state index contributed by atoms with van der Waals surface area (Å²) < 4.78 is 0. The van der Waals surface area contributed by atoms with Crippen molar-refractivity contribution in [3.05, 3.63) is 35.9 Å². The molecule has 110 valence electrons. The predicted molar refractivity (Wildman–Crippen MR) is 86.0 cm³/mol. The highest BCUT2D eigenvalue weighted by atomic mass is 32.2. The summed E-state index contributed by atoms with van der Waals surface area (Å²) in [4.78, 5) is 0. The van der Waals surface area contributed by atoms with Crippen LogP contribution in [0.25, 0.3) is 0 Å². The van der Waals surface area contributed by atoms with Crippen LogP contribution in [-0.2, 0) is 0 Å². The summed E-state index contributed by atoms with van der Waals surface area (Å²) in [7, 11) is 0. The number of rotatable bonds is 6. The Balaban J connectivity index is 1.62. The molecular formula is C17H25NOS. The molecule has 1 saturated heterocycles. The highest BCUT2D eigenvalue weighted by molar-refractivity contribution is 7.99. The van der Waals surface area contributed by atoms with Crippen LogP contribution >= 0.6 is 11.8 Å². The van der Waals surface area contributed by atoms with E-state index in [0.29, 0.717) is 6.04 Å². The Bertz CT molecular complexity index is 412. The van der Waals surface area contributed by atoms with Crippen molar-refractivity contribution in [3.63, 3.8) is 0 Å². The smallest absolute Gasteiger partial charge is 0.0869 e. The average Bonchev–Trinajstić information content (AvgIpc) is 2.85. The van der Waals surface area contributed by atoms with Gasteiger partial charge in [0, 0.05) is 18.3 Å². The second-order valence-electron chi connectivity index (χ2n) is 6.40. The van der Waals surface area contributed by atoms with Gasteiger partial charge in [0.25, 0.3) is 0 Å². The standard InChI is InChI=1S/C17H25NOS/c19-17(9-10-20-13-17)12-18-16(11-14-5-4-6-14)15-7-2-1-3-8-15/h1-3,7-8,14,16,18-19H,4-6,9-13H2. The molecule has 1 aliphatic heterocycles. The average molecular weight is 291 g/mol. The topological polar surface area (TPSA) is 32.3 Å². The van der Waals surface area contributed by atoms with Gasteiger partial charge in [0.1, 0.15) is 0 Å². The molecule has 0 amide bonds. The van der Waals surface area contributed by atoms with Gasteiger partial charge in [0.15, 0.2) is 0 Å². The zero-order valence-corrected chi connectivity index (χ0v) is 12.9. The largest absolute Gasteiger partial charge is 0.388 e. The van der Waals surface area contributed by atoms with Gasteiger partial charge in [-0.05, 0) is 30.1 Å². The normalized spacial score (nSPS) is 28.2. The van der Waals surface area contributed by atoms with Crippen LogP contribution in [-0.4, -0.2) is 28.8 Å². The lowest BCUT2D eigenvalue weighted by Crippen LogP contribution is -2.42. The number of hydrogen-bond donors (Lipinski definition) is 2. The van der Waals surface area contributed by atoms with Crippen LogP contribution in [0.4, 0.5) is 0 Å². The number of aliphatic hydroxyl groups is 1. The van der Waals surface area contributed by atoms with E-state index in [1.165, 1.54) is 31.2 Å². The number of nitrogens with one attached hydrogen (secondary N) is 1. The number of hydrogen-bond acceptors (Lipinski definition) is 3. The zero-order valence-electron chi connectivity index (χ0n) is 12.1. The van der Waals surface area contributed by atoms with Crippen LogP contribution in [0, 0.1) is 5.92 Å². The molecule has 2 fully saturated rings. The summed E-state index contributed by atoms with van der Waals surface area (Å²) in [6, 6.07) is 11.1. The lowest BCUT2D eigenvalue weighted by molar-refractivity contribution is 0.0626. The molecule has 3 rings (SSSR count). The Morgan fingerprint density at radius 1 is 1.30 bits per heavy atom. The molecule has 1 aromatic carbocycles. The molecule has 1 aliphatic carbocycles. The highest BCUT2D eigenvalue weighted by Crippen LogP contribution is 2.35. The molecule has 20 heavy (non-hydrogen) atoms. The molecule has 0 spiro atoms. The highest BCUT2D eigenvalue weighted by Gasteiger charge is 2.32. The lowest BCUT2D eigenvalue weighted by atomic mass is 9.79. The van der Waals surface area contributed by atoms with E-state index in [9.17, 15) is 5.11 Å². The Morgan fingerprint density at radius 3 is 2.70 bits per heavy atom. The van der Waals surface area contributed by atoms with Crippen LogP contribution < -0.4 is 5.32 Å². The van der Waals surface area contributed by atoms with E-state index in [0.717, 1.165) is 30.4 Å². The van der Waals surface area contributed by atoms with Gasteiger partial charge in [-0.1, -0.05) is 49.6 Å². The first-order valence-corrected chi connectivity index (χ1v) is 8.99. The second kappa shape index (κ2) is 6.50. The Hall–Kier alpha value is -0.510. The van der Waals surface area contributed by atoms with Gasteiger partial charge in [0.2, 0.25) is 0 Å². The minimum absolute atomic E-state index is 0.399. The Morgan fingerprint density at radius 2 is 2.10 bits per heavy atom. The molecule has 0 aromatic heterocycles. The fourth-order valence-corrected chi connectivity index (χ4v) is 4.43. The van der Waals surface area contributed by atoms with Crippen LogP contribution in [0.5, 0.6) is 0 Å². The summed E-state index contributed by atoms with van der Waals surface area (Å²) in [5, 5.41) is 14.2. The van der Waals surface area contributed by atoms with Crippen molar-refractivity contribution in [2.24, 2.45) is 5.92 Å². The van der Waals surface area contributed by atoms with Gasteiger partial charge in [0.05, 0.1) is 5.60 Å². The van der Waals surface area contributed by atoms with Crippen molar-refractivity contribution < 1.29 is 5.11 Å². The molecule has 2 N–H and O–H groups in total. The van der Waals surface area contributed by atoms with E-state index in [4.69, 9.17) is 0 Å². The van der Waals surface area contributed by atoms with E-state index in [-0.39, 0.29) is 0 Å².